The Kier molecular flexibility index (Phi) is 2.92. The first-order valence-electron chi connectivity index (χ1n) is 4.34. The molecule has 12 heavy (non-hydrogen) atoms. The molecule has 0 aliphatic heterocycles. The molecule has 0 saturated heterocycles. The summed E-state index contributed by atoms with van der Waals surface area (Å²) < 4.78 is 0. The van der Waals surface area contributed by atoms with Gasteiger partial charge in [-0.2, -0.15) is 0 Å². The Bertz CT molecular complexity index is 173. The van der Waals surface area contributed by atoms with Crippen LogP contribution in [0, 0.1) is 0 Å². The number of guanidine groups is 1. The minimum atomic E-state index is -0.191. The third-order valence-electron chi connectivity index (χ3n) is 2.50. The Balaban J connectivity index is 2.55. The van der Waals surface area contributed by atoms with Gasteiger partial charge < -0.3 is 16.2 Å². The average Bonchev–Trinajstić information content (AvgIpc) is 2.54. The molecule has 0 atom stereocenters. The lowest BCUT2D eigenvalue weighted by Gasteiger charge is -2.28. The van der Waals surface area contributed by atoms with Crippen LogP contribution in [0.5, 0.6) is 0 Å². The molecule has 0 aromatic heterocycles. The van der Waals surface area contributed by atoms with E-state index in [0.717, 1.165) is 25.7 Å². The Labute approximate surface area is 72.9 Å². The summed E-state index contributed by atoms with van der Waals surface area (Å²) in [5.41, 5.74) is 5.35. The zero-order chi connectivity index (χ0) is 9.03. The maximum Gasteiger partial charge on any atom is 0.188 e. The maximum atomic E-state index is 9.19. The van der Waals surface area contributed by atoms with Crippen LogP contribution in [0.15, 0.2) is 4.99 Å². The van der Waals surface area contributed by atoms with Crippen LogP contribution >= 0.6 is 0 Å². The van der Waals surface area contributed by atoms with E-state index >= 15 is 0 Å². The molecule has 0 amide bonds. The standard InChI is InChI=1S/C8H17N3O/c1-10-7(9)11-8(6-12)4-2-3-5-8/h12H,2-6H2,1H3,(H3,9,10,11). The van der Waals surface area contributed by atoms with Gasteiger partial charge in [-0.15, -0.1) is 0 Å². The van der Waals surface area contributed by atoms with Crippen LogP contribution in [0.4, 0.5) is 0 Å². The fraction of sp³-hybridized carbons (Fsp3) is 0.875. The molecule has 0 unspecified atom stereocenters. The minimum Gasteiger partial charge on any atom is -0.394 e. The molecule has 4 nitrogen and oxygen atoms in total. The number of nitrogens with two attached hydrogens (primary N) is 1. The number of hydrogen-bond donors (Lipinski definition) is 3. The van der Waals surface area contributed by atoms with Gasteiger partial charge in [-0.25, -0.2) is 0 Å². The van der Waals surface area contributed by atoms with Gasteiger partial charge in [0, 0.05) is 7.05 Å². The van der Waals surface area contributed by atoms with E-state index in [1.807, 2.05) is 0 Å². The van der Waals surface area contributed by atoms with Gasteiger partial charge in [-0.05, 0) is 12.8 Å². The molecule has 4 N–H and O–H groups in total. The summed E-state index contributed by atoms with van der Waals surface area (Å²) in [4.78, 5) is 3.82. The Hall–Kier alpha value is -0.770. The van der Waals surface area contributed by atoms with E-state index in [1.165, 1.54) is 0 Å². The van der Waals surface area contributed by atoms with Crippen LogP contribution in [-0.4, -0.2) is 30.3 Å². The summed E-state index contributed by atoms with van der Waals surface area (Å²) >= 11 is 0. The highest BCUT2D eigenvalue weighted by atomic mass is 16.3. The van der Waals surface area contributed by atoms with Crippen molar-refractivity contribution in [1.82, 2.24) is 5.32 Å². The maximum absolute atomic E-state index is 9.19. The molecule has 1 rings (SSSR count). The average molecular weight is 171 g/mol. The molecule has 0 radical (unpaired) electrons. The second kappa shape index (κ2) is 3.76. The van der Waals surface area contributed by atoms with E-state index in [0.29, 0.717) is 5.96 Å². The number of aliphatic imine (C=N–C) groups is 1. The third kappa shape index (κ3) is 1.88. The molecule has 4 heteroatoms. The lowest BCUT2D eigenvalue weighted by Crippen LogP contribution is -2.52. The van der Waals surface area contributed by atoms with Crippen LogP contribution in [0.1, 0.15) is 25.7 Å². The largest absolute Gasteiger partial charge is 0.394 e. The molecule has 0 bridgehead atoms. The fourth-order valence-corrected chi connectivity index (χ4v) is 1.70. The lowest BCUT2D eigenvalue weighted by atomic mass is 9.99. The molecular weight excluding hydrogens is 154 g/mol. The van der Waals surface area contributed by atoms with Crippen molar-refractivity contribution >= 4 is 5.96 Å². The monoisotopic (exact) mass is 171 g/mol. The van der Waals surface area contributed by atoms with Crippen molar-refractivity contribution in [3.63, 3.8) is 0 Å². The normalized spacial score (nSPS) is 22.7. The molecule has 0 aromatic carbocycles. The summed E-state index contributed by atoms with van der Waals surface area (Å²) in [7, 11) is 1.64. The van der Waals surface area contributed by atoms with Gasteiger partial charge in [0.25, 0.3) is 0 Å². The molecular formula is C8H17N3O. The molecule has 1 saturated carbocycles. The van der Waals surface area contributed by atoms with Crippen molar-refractivity contribution in [2.24, 2.45) is 10.7 Å². The van der Waals surface area contributed by atoms with Crippen LogP contribution in [-0.2, 0) is 0 Å². The summed E-state index contributed by atoms with van der Waals surface area (Å²) in [6.07, 6.45) is 4.29. The molecule has 1 aliphatic rings. The highest BCUT2D eigenvalue weighted by Gasteiger charge is 2.33. The van der Waals surface area contributed by atoms with Gasteiger partial charge in [0.05, 0.1) is 12.1 Å². The number of hydrogen-bond acceptors (Lipinski definition) is 2. The van der Waals surface area contributed by atoms with Crippen molar-refractivity contribution < 1.29 is 5.11 Å². The minimum absolute atomic E-state index is 0.142. The van der Waals surface area contributed by atoms with Gasteiger partial charge in [-0.3, -0.25) is 4.99 Å². The summed E-state index contributed by atoms with van der Waals surface area (Å²) in [6.45, 7) is 0.142. The molecule has 1 aliphatic carbocycles. The fourth-order valence-electron chi connectivity index (χ4n) is 1.70. The van der Waals surface area contributed by atoms with E-state index < -0.39 is 0 Å². The van der Waals surface area contributed by atoms with Crippen LogP contribution in [0.2, 0.25) is 0 Å². The topological polar surface area (TPSA) is 70.6 Å². The predicted molar refractivity (Wildman–Crippen MR) is 49.0 cm³/mol. The summed E-state index contributed by atoms with van der Waals surface area (Å²) in [5.74, 6) is 0.422. The SMILES string of the molecule is CN=C(N)NC1(CO)CCCC1. The Morgan fingerprint density at radius 2 is 2.17 bits per heavy atom. The Morgan fingerprint density at radius 1 is 1.58 bits per heavy atom. The first-order valence-corrected chi connectivity index (χ1v) is 4.34. The van der Waals surface area contributed by atoms with Crippen LogP contribution in [0.3, 0.4) is 0 Å². The predicted octanol–water partition coefficient (Wildman–Crippen LogP) is -0.174. The number of rotatable bonds is 2. The number of aliphatic hydroxyl groups is 1. The van der Waals surface area contributed by atoms with Gasteiger partial charge >= 0.3 is 0 Å². The third-order valence-corrected chi connectivity index (χ3v) is 2.50. The van der Waals surface area contributed by atoms with Crippen molar-refractivity contribution in [3.05, 3.63) is 0 Å². The van der Waals surface area contributed by atoms with Crippen LogP contribution < -0.4 is 11.1 Å². The lowest BCUT2D eigenvalue weighted by molar-refractivity contribution is 0.182. The molecule has 0 heterocycles. The van der Waals surface area contributed by atoms with Gasteiger partial charge in [0.1, 0.15) is 0 Å². The molecule has 70 valence electrons. The van der Waals surface area contributed by atoms with Crippen LogP contribution in [0.25, 0.3) is 0 Å². The zero-order valence-electron chi connectivity index (χ0n) is 7.51. The van der Waals surface area contributed by atoms with Crippen molar-refractivity contribution in [3.8, 4) is 0 Å². The summed E-state index contributed by atoms with van der Waals surface area (Å²) in [5, 5.41) is 12.3. The molecule has 0 aromatic rings. The highest BCUT2D eigenvalue weighted by Crippen LogP contribution is 2.28. The number of nitrogens with zero attached hydrogens (tertiary/aromatic N) is 1. The molecule has 0 spiro atoms. The summed E-state index contributed by atoms with van der Waals surface area (Å²) in [6, 6.07) is 0. The first kappa shape index (κ1) is 9.32. The highest BCUT2D eigenvalue weighted by molar-refractivity contribution is 5.78. The number of nitrogens with one attached hydrogen (secondary N) is 1. The van der Waals surface area contributed by atoms with E-state index in [1.54, 1.807) is 7.05 Å². The quantitative estimate of drug-likeness (QED) is 0.399. The van der Waals surface area contributed by atoms with E-state index in [2.05, 4.69) is 10.3 Å². The van der Waals surface area contributed by atoms with E-state index in [-0.39, 0.29) is 12.1 Å². The Morgan fingerprint density at radius 3 is 2.58 bits per heavy atom. The second-order valence-corrected chi connectivity index (χ2v) is 3.38. The second-order valence-electron chi connectivity index (χ2n) is 3.38. The van der Waals surface area contributed by atoms with Crippen molar-refractivity contribution in [2.45, 2.75) is 31.2 Å². The van der Waals surface area contributed by atoms with Gasteiger partial charge in [0.2, 0.25) is 0 Å². The van der Waals surface area contributed by atoms with Crippen molar-refractivity contribution in [1.29, 1.82) is 0 Å². The number of aliphatic hydroxyl groups excluding tert-OH is 1. The van der Waals surface area contributed by atoms with E-state index in [4.69, 9.17) is 5.73 Å². The van der Waals surface area contributed by atoms with Crippen molar-refractivity contribution in [2.75, 3.05) is 13.7 Å². The first-order chi connectivity index (χ1) is 5.72. The zero-order valence-corrected chi connectivity index (χ0v) is 7.51. The van der Waals surface area contributed by atoms with E-state index in [9.17, 15) is 5.11 Å². The van der Waals surface area contributed by atoms with Gasteiger partial charge in [0.15, 0.2) is 5.96 Å². The van der Waals surface area contributed by atoms with Gasteiger partial charge in [-0.1, -0.05) is 12.8 Å². The smallest absolute Gasteiger partial charge is 0.188 e. The molecule has 1 fully saturated rings.